The normalized spacial score (nSPS) is 15.6. The minimum Gasteiger partial charge on any atom is -0.357 e. The van der Waals surface area contributed by atoms with Gasteiger partial charge in [-0.05, 0) is 44.7 Å². The quantitative estimate of drug-likeness (QED) is 0.872. The molecule has 1 aliphatic carbocycles. The Morgan fingerprint density at radius 1 is 1.30 bits per heavy atom. The van der Waals surface area contributed by atoms with E-state index in [9.17, 15) is 0 Å². The third kappa shape index (κ3) is 3.48. The van der Waals surface area contributed by atoms with Crippen molar-refractivity contribution in [1.29, 1.82) is 0 Å². The van der Waals surface area contributed by atoms with E-state index >= 15 is 0 Å². The first kappa shape index (κ1) is 17.7. The summed E-state index contributed by atoms with van der Waals surface area (Å²) in [7, 11) is 0. The molecule has 1 fully saturated rings. The van der Waals surface area contributed by atoms with E-state index in [0.29, 0.717) is 11.7 Å². The summed E-state index contributed by atoms with van der Waals surface area (Å²) in [4.78, 5) is 11.2. The van der Waals surface area contributed by atoms with Crippen LogP contribution in [0.5, 0.6) is 0 Å². The van der Waals surface area contributed by atoms with Crippen LogP contribution >= 0.6 is 12.4 Å². The first-order valence-corrected chi connectivity index (χ1v) is 8.00. The second-order valence-electron chi connectivity index (χ2n) is 5.92. The van der Waals surface area contributed by atoms with Gasteiger partial charge in [0.25, 0.3) is 5.89 Å². The van der Waals surface area contributed by atoms with Crippen LogP contribution in [0, 0.1) is 0 Å². The van der Waals surface area contributed by atoms with E-state index in [1.165, 1.54) is 0 Å². The van der Waals surface area contributed by atoms with Crippen LogP contribution < -0.4 is 10.6 Å². The number of nitrogens with zero attached hydrogens (tertiary/aromatic N) is 4. The maximum Gasteiger partial charge on any atom is 0.259 e. The second kappa shape index (κ2) is 7.27. The zero-order valence-corrected chi connectivity index (χ0v) is 14.5. The van der Waals surface area contributed by atoms with Crippen molar-refractivity contribution >= 4 is 18.2 Å². The van der Waals surface area contributed by atoms with Gasteiger partial charge in [0.05, 0.1) is 11.1 Å². The minimum absolute atomic E-state index is 0. The summed E-state index contributed by atoms with van der Waals surface area (Å²) in [5.74, 6) is 2.07. The number of nitrogens with two attached hydrogens (primary N) is 1. The van der Waals surface area contributed by atoms with Crippen LogP contribution in [0.1, 0.15) is 45.4 Å². The summed E-state index contributed by atoms with van der Waals surface area (Å²) < 4.78 is 5.35. The van der Waals surface area contributed by atoms with Gasteiger partial charge < -0.3 is 15.2 Å². The molecular weight excluding hydrogens is 314 g/mol. The first-order chi connectivity index (χ1) is 10.7. The van der Waals surface area contributed by atoms with Gasteiger partial charge in [0.2, 0.25) is 0 Å². The van der Waals surface area contributed by atoms with Crippen LogP contribution in [-0.4, -0.2) is 28.2 Å². The SMILES string of the molecule is CCCN(CC)c1ccc(-c2nc(C3(N)CCC3)no2)cn1.Cl. The van der Waals surface area contributed by atoms with Gasteiger partial charge in [0, 0.05) is 19.3 Å². The van der Waals surface area contributed by atoms with Crippen LogP contribution in [0.4, 0.5) is 5.82 Å². The summed E-state index contributed by atoms with van der Waals surface area (Å²) >= 11 is 0. The summed E-state index contributed by atoms with van der Waals surface area (Å²) in [6.45, 7) is 6.25. The molecule has 2 aromatic rings. The lowest BCUT2D eigenvalue weighted by molar-refractivity contribution is 0.229. The molecule has 0 spiro atoms. The van der Waals surface area contributed by atoms with Crippen LogP contribution in [0.2, 0.25) is 0 Å². The smallest absolute Gasteiger partial charge is 0.259 e. The molecular formula is C16H24ClN5O. The highest BCUT2D eigenvalue weighted by Gasteiger charge is 2.39. The molecule has 0 atom stereocenters. The average Bonchev–Trinajstić information content (AvgIpc) is 3.01. The lowest BCUT2D eigenvalue weighted by Crippen LogP contribution is -2.44. The van der Waals surface area contributed by atoms with Crippen LogP contribution in [0.3, 0.4) is 0 Å². The van der Waals surface area contributed by atoms with Gasteiger partial charge in [0.1, 0.15) is 5.82 Å². The second-order valence-corrected chi connectivity index (χ2v) is 5.92. The fourth-order valence-corrected chi connectivity index (χ4v) is 2.73. The summed E-state index contributed by atoms with van der Waals surface area (Å²) in [6, 6.07) is 3.97. The molecule has 0 aromatic carbocycles. The molecule has 3 rings (SSSR count). The Morgan fingerprint density at radius 3 is 2.61 bits per heavy atom. The van der Waals surface area contributed by atoms with Gasteiger partial charge in [-0.1, -0.05) is 12.1 Å². The molecule has 0 saturated heterocycles. The number of aromatic nitrogens is 3. The number of pyridine rings is 1. The van der Waals surface area contributed by atoms with Crippen molar-refractivity contribution in [2.45, 2.75) is 45.1 Å². The van der Waals surface area contributed by atoms with Gasteiger partial charge in [-0.2, -0.15) is 4.98 Å². The first-order valence-electron chi connectivity index (χ1n) is 8.00. The van der Waals surface area contributed by atoms with Crippen LogP contribution in [-0.2, 0) is 5.54 Å². The van der Waals surface area contributed by atoms with Gasteiger partial charge >= 0.3 is 0 Å². The Kier molecular flexibility index (Phi) is 5.59. The topological polar surface area (TPSA) is 81.1 Å². The molecule has 2 aromatic heterocycles. The van der Waals surface area contributed by atoms with Crippen molar-refractivity contribution in [2.24, 2.45) is 5.73 Å². The lowest BCUT2D eigenvalue weighted by Gasteiger charge is -2.34. The monoisotopic (exact) mass is 337 g/mol. The van der Waals surface area contributed by atoms with Crippen molar-refractivity contribution in [1.82, 2.24) is 15.1 Å². The van der Waals surface area contributed by atoms with E-state index in [0.717, 1.165) is 50.2 Å². The number of hydrogen-bond acceptors (Lipinski definition) is 6. The van der Waals surface area contributed by atoms with Crippen molar-refractivity contribution in [2.75, 3.05) is 18.0 Å². The standard InChI is InChI=1S/C16H23N5O.ClH/c1-3-10-21(4-2)13-7-6-12(11-18-13)14-19-15(20-22-14)16(17)8-5-9-16;/h6-7,11H,3-5,8-10,17H2,1-2H3;1H. The van der Waals surface area contributed by atoms with E-state index in [1.54, 1.807) is 6.20 Å². The molecule has 0 radical (unpaired) electrons. The van der Waals surface area contributed by atoms with E-state index in [-0.39, 0.29) is 12.4 Å². The zero-order valence-electron chi connectivity index (χ0n) is 13.7. The highest BCUT2D eigenvalue weighted by molar-refractivity contribution is 5.85. The van der Waals surface area contributed by atoms with Crippen LogP contribution in [0.15, 0.2) is 22.9 Å². The Balaban J connectivity index is 0.00000192. The molecule has 0 amide bonds. The van der Waals surface area contributed by atoms with Gasteiger partial charge in [-0.15, -0.1) is 12.4 Å². The average molecular weight is 338 g/mol. The maximum atomic E-state index is 6.22. The predicted octanol–water partition coefficient (Wildman–Crippen LogP) is 3.13. The number of rotatable bonds is 6. The number of halogens is 1. The summed E-state index contributed by atoms with van der Waals surface area (Å²) in [6.07, 6.45) is 5.86. The molecule has 23 heavy (non-hydrogen) atoms. The zero-order chi connectivity index (χ0) is 15.6. The molecule has 6 nitrogen and oxygen atoms in total. The van der Waals surface area contributed by atoms with Gasteiger partial charge in [0.15, 0.2) is 5.82 Å². The largest absolute Gasteiger partial charge is 0.357 e. The highest BCUT2D eigenvalue weighted by atomic mass is 35.5. The van der Waals surface area contributed by atoms with E-state index in [2.05, 4.69) is 33.9 Å². The van der Waals surface area contributed by atoms with Gasteiger partial charge in [-0.3, -0.25) is 0 Å². The van der Waals surface area contributed by atoms with E-state index < -0.39 is 5.54 Å². The predicted molar refractivity (Wildman–Crippen MR) is 92.7 cm³/mol. The molecule has 0 aliphatic heterocycles. The Hall–Kier alpha value is -1.66. The number of anilines is 1. The summed E-state index contributed by atoms with van der Waals surface area (Å²) in [5.41, 5.74) is 6.66. The third-order valence-corrected chi connectivity index (χ3v) is 4.31. The van der Waals surface area contributed by atoms with Crippen molar-refractivity contribution in [3.05, 3.63) is 24.2 Å². The van der Waals surface area contributed by atoms with E-state index in [4.69, 9.17) is 10.3 Å². The molecule has 126 valence electrons. The minimum atomic E-state index is -0.394. The Bertz CT molecular complexity index is 624. The molecule has 7 heteroatoms. The maximum absolute atomic E-state index is 6.22. The van der Waals surface area contributed by atoms with Gasteiger partial charge in [-0.25, -0.2) is 4.98 Å². The van der Waals surface area contributed by atoms with Crippen molar-refractivity contribution < 1.29 is 4.52 Å². The lowest BCUT2D eigenvalue weighted by atomic mass is 9.77. The molecule has 0 bridgehead atoms. The molecule has 0 unspecified atom stereocenters. The van der Waals surface area contributed by atoms with Crippen molar-refractivity contribution in [3.8, 4) is 11.5 Å². The molecule has 1 saturated carbocycles. The third-order valence-electron chi connectivity index (χ3n) is 4.31. The van der Waals surface area contributed by atoms with Crippen LogP contribution in [0.25, 0.3) is 11.5 Å². The molecule has 2 heterocycles. The Labute approximate surface area is 142 Å². The fourth-order valence-electron chi connectivity index (χ4n) is 2.73. The number of hydrogen-bond donors (Lipinski definition) is 1. The highest BCUT2D eigenvalue weighted by Crippen LogP contribution is 2.37. The molecule has 1 aliphatic rings. The van der Waals surface area contributed by atoms with Crippen molar-refractivity contribution in [3.63, 3.8) is 0 Å². The Morgan fingerprint density at radius 2 is 2.09 bits per heavy atom. The van der Waals surface area contributed by atoms with E-state index in [1.807, 2.05) is 12.1 Å². The fraction of sp³-hybridized carbons (Fsp3) is 0.562. The summed E-state index contributed by atoms with van der Waals surface area (Å²) in [5, 5.41) is 4.04. The molecule has 2 N–H and O–H groups in total.